The lowest BCUT2D eigenvalue weighted by atomic mass is 10.1. The van der Waals surface area contributed by atoms with Gasteiger partial charge < -0.3 is 0 Å². The van der Waals surface area contributed by atoms with Crippen molar-refractivity contribution < 1.29 is 8.78 Å². The average molecular weight is 284 g/mol. The van der Waals surface area contributed by atoms with Gasteiger partial charge in [-0.2, -0.15) is 0 Å². The first kappa shape index (κ1) is 15.3. The molecule has 108 valence electrons. The fourth-order valence-electron chi connectivity index (χ4n) is 2.01. The Morgan fingerprint density at radius 3 is 2.43 bits per heavy atom. The maximum atomic E-state index is 13.9. The molecule has 0 bridgehead atoms. The van der Waals surface area contributed by atoms with Crippen LogP contribution in [0.3, 0.4) is 0 Å². The van der Waals surface area contributed by atoms with Gasteiger partial charge >= 0.3 is 0 Å². The molecule has 0 spiro atoms. The van der Waals surface area contributed by atoms with E-state index in [9.17, 15) is 8.78 Å². The summed E-state index contributed by atoms with van der Waals surface area (Å²) < 4.78 is 27.4. The van der Waals surface area contributed by atoms with Crippen molar-refractivity contribution >= 4 is 0 Å². The molecule has 0 unspecified atom stereocenters. The highest BCUT2D eigenvalue weighted by molar-refractivity contribution is 5.45. The molecule has 0 N–H and O–H groups in total. The summed E-state index contributed by atoms with van der Waals surface area (Å²) in [5, 5.41) is 0. The van der Waals surface area contributed by atoms with Crippen LogP contribution in [0.4, 0.5) is 8.78 Å². The summed E-state index contributed by atoms with van der Waals surface area (Å²) in [6.07, 6.45) is 3.01. The number of hydrogen-bond donors (Lipinski definition) is 0. The summed E-state index contributed by atoms with van der Waals surface area (Å²) in [6.45, 7) is 3.80. The van der Waals surface area contributed by atoms with Crippen molar-refractivity contribution in [3.05, 3.63) is 70.3 Å². The predicted octanol–water partition coefficient (Wildman–Crippen LogP) is 5.02. The van der Waals surface area contributed by atoms with E-state index in [-0.39, 0.29) is 11.6 Å². The molecule has 0 saturated carbocycles. The van der Waals surface area contributed by atoms with E-state index in [1.165, 1.54) is 12.1 Å². The van der Waals surface area contributed by atoms with Gasteiger partial charge in [-0.3, -0.25) is 0 Å². The first-order valence-electron chi connectivity index (χ1n) is 7.16. The van der Waals surface area contributed by atoms with E-state index in [2.05, 4.69) is 18.8 Å². The second-order valence-corrected chi connectivity index (χ2v) is 5.13. The number of hydrogen-bond acceptors (Lipinski definition) is 0. The summed E-state index contributed by atoms with van der Waals surface area (Å²) >= 11 is 0. The number of benzene rings is 2. The fraction of sp³-hybridized carbons (Fsp3) is 0.263. The minimum atomic E-state index is -0.316. The van der Waals surface area contributed by atoms with E-state index in [4.69, 9.17) is 0 Å². The lowest BCUT2D eigenvalue weighted by Crippen LogP contribution is -1.90. The van der Waals surface area contributed by atoms with Gasteiger partial charge in [-0.1, -0.05) is 37.3 Å². The van der Waals surface area contributed by atoms with E-state index in [0.717, 1.165) is 24.8 Å². The Bertz CT molecular complexity index is 690. The largest absolute Gasteiger partial charge is 0.207 e. The normalized spacial score (nSPS) is 10.1. The van der Waals surface area contributed by atoms with Gasteiger partial charge in [0, 0.05) is 5.56 Å². The first-order valence-corrected chi connectivity index (χ1v) is 7.16. The van der Waals surface area contributed by atoms with Gasteiger partial charge in [0.15, 0.2) is 0 Å². The number of halogens is 2. The molecule has 0 aromatic heterocycles. The summed E-state index contributed by atoms with van der Waals surface area (Å²) in [4.78, 5) is 0. The Kier molecular flexibility index (Phi) is 5.11. The molecule has 0 saturated heterocycles. The van der Waals surface area contributed by atoms with Crippen LogP contribution in [0, 0.1) is 30.4 Å². The number of aryl methyl sites for hydroxylation is 2. The van der Waals surface area contributed by atoms with Crippen molar-refractivity contribution in [2.45, 2.75) is 33.1 Å². The van der Waals surface area contributed by atoms with Crippen molar-refractivity contribution in [3.63, 3.8) is 0 Å². The fourth-order valence-corrected chi connectivity index (χ4v) is 2.01. The van der Waals surface area contributed by atoms with Gasteiger partial charge in [0.25, 0.3) is 0 Å². The van der Waals surface area contributed by atoms with Crippen LogP contribution in [0.1, 0.15) is 42.0 Å². The Morgan fingerprint density at radius 2 is 1.76 bits per heavy atom. The van der Waals surface area contributed by atoms with E-state index < -0.39 is 0 Å². The second-order valence-electron chi connectivity index (χ2n) is 5.13. The molecule has 0 amide bonds. The van der Waals surface area contributed by atoms with Crippen molar-refractivity contribution in [2.24, 2.45) is 0 Å². The molecule has 0 nitrogen and oxygen atoms in total. The molecular formula is C19H18F2. The average Bonchev–Trinajstić information content (AvgIpc) is 2.47. The zero-order valence-electron chi connectivity index (χ0n) is 12.3. The third kappa shape index (κ3) is 4.16. The summed E-state index contributed by atoms with van der Waals surface area (Å²) in [5.74, 6) is 4.96. The summed E-state index contributed by atoms with van der Waals surface area (Å²) in [6, 6.07) is 9.91. The molecule has 21 heavy (non-hydrogen) atoms. The van der Waals surface area contributed by atoms with Gasteiger partial charge in [0.1, 0.15) is 11.6 Å². The SMILES string of the molecule is CCCCc1ccc(C#Cc2ccc(C)c(F)c2)c(F)c1. The molecule has 2 rings (SSSR count). The Hall–Kier alpha value is -2.14. The molecule has 0 atom stereocenters. The first-order chi connectivity index (χ1) is 10.1. The van der Waals surface area contributed by atoms with Crippen molar-refractivity contribution in [1.82, 2.24) is 0 Å². The molecule has 0 aliphatic carbocycles. The molecule has 2 heteroatoms. The van der Waals surface area contributed by atoms with E-state index in [1.807, 2.05) is 6.07 Å². The minimum Gasteiger partial charge on any atom is -0.207 e. The molecular weight excluding hydrogens is 266 g/mol. The van der Waals surface area contributed by atoms with Gasteiger partial charge in [0.05, 0.1) is 5.56 Å². The van der Waals surface area contributed by atoms with Crippen molar-refractivity contribution in [2.75, 3.05) is 0 Å². The Morgan fingerprint density at radius 1 is 0.952 bits per heavy atom. The number of rotatable bonds is 3. The van der Waals surface area contributed by atoms with Crippen LogP contribution >= 0.6 is 0 Å². The van der Waals surface area contributed by atoms with E-state index >= 15 is 0 Å². The van der Waals surface area contributed by atoms with Crippen LogP contribution in [0.2, 0.25) is 0 Å². The lowest BCUT2D eigenvalue weighted by Gasteiger charge is -2.01. The molecule has 0 fully saturated rings. The Labute approximate surface area is 124 Å². The second kappa shape index (κ2) is 7.04. The zero-order valence-corrected chi connectivity index (χ0v) is 12.3. The minimum absolute atomic E-state index is 0.294. The Balaban J connectivity index is 2.20. The summed E-state index contributed by atoms with van der Waals surface area (Å²) in [5.41, 5.74) is 2.46. The third-order valence-corrected chi connectivity index (χ3v) is 3.37. The van der Waals surface area contributed by atoms with E-state index in [1.54, 1.807) is 25.1 Å². The topological polar surface area (TPSA) is 0 Å². The van der Waals surface area contributed by atoms with Crippen LogP contribution in [0.25, 0.3) is 0 Å². The lowest BCUT2D eigenvalue weighted by molar-refractivity contribution is 0.618. The van der Waals surface area contributed by atoms with Gasteiger partial charge in [-0.25, -0.2) is 8.78 Å². The van der Waals surface area contributed by atoms with Crippen LogP contribution in [0.15, 0.2) is 36.4 Å². The highest BCUT2D eigenvalue weighted by Gasteiger charge is 2.01. The molecule has 0 heterocycles. The maximum absolute atomic E-state index is 13.9. The van der Waals surface area contributed by atoms with Gasteiger partial charge in [-0.05, 0) is 55.2 Å². The highest BCUT2D eigenvalue weighted by atomic mass is 19.1. The smallest absolute Gasteiger partial charge is 0.139 e. The van der Waals surface area contributed by atoms with Crippen molar-refractivity contribution in [1.29, 1.82) is 0 Å². The van der Waals surface area contributed by atoms with Crippen molar-refractivity contribution in [3.8, 4) is 11.8 Å². The highest BCUT2D eigenvalue weighted by Crippen LogP contribution is 2.13. The quantitative estimate of drug-likeness (QED) is 0.695. The van der Waals surface area contributed by atoms with Gasteiger partial charge in [0.2, 0.25) is 0 Å². The molecule has 0 aliphatic rings. The molecule has 0 aliphatic heterocycles. The summed E-state index contributed by atoms with van der Waals surface area (Å²) in [7, 11) is 0. The predicted molar refractivity (Wildman–Crippen MR) is 82.1 cm³/mol. The zero-order chi connectivity index (χ0) is 15.2. The molecule has 0 radical (unpaired) electrons. The maximum Gasteiger partial charge on any atom is 0.139 e. The standard InChI is InChI=1S/C19H18F2/c1-3-4-5-15-8-10-17(19(21)13-15)11-9-16-7-6-14(2)18(20)12-16/h6-8,10,12-13H,3-5H2,1-2H3. The van der Waals surface area contributed by atoms with Crippen LogP contribution < -0.4 is 0 Å². The van der Waals surface area contributed by atoms with Gasteiger partial charge in [-0.15, -0.1) is 0 Å². The number of unbranched alkanes of at least 4 members (excludes halogenated alkanes) is 1. The molecule has 2 aromatic carbocycles. The van der Waals surface area contributed by atoms with E-state index in [0.29, 0.717) is 16.7 Å². The van der Waals surface area contributed by atoms with Crippen LogP contribution in [-0.4, -0.2) is 0 Å². The van der Waals surface area contributed by atoms with Crippen LogP contribution in [-0.2, 0) is 6.42 Å². The molecule has 2 aromatic rings. The third-order valence-electron chi connectivity index (χ3n) is 3.37. The van der Waals surface area contributed by atoms with Crippen LogP contribution in [0.5, 0.6) is 0 Å². The monoisotopic (exact) mass is 284 g/mol.